The SMILES string of the molecule is COC(=O)c1cnc(NCc2cc(C)no2)c([N+](=O)[O-])c1. The van der Waals surface area contributed by atoms with Crippen molar-refractivity contribution in [1.82, 2.24) is 10.1 Å². The molecular weight excluding hydrogens is 280 g/mol. The van der Waals surface area contributed by atoms with Gasteiger partial charge in [-0.2, -0.15) is 0 Å². The summed E-state index contributed by atoms with van der Waals surface area (Å²) in [5.74, 6) is -0.148. The van der Waals surface area contributed by atoms with Crippen molar-refractivity contribution in [3.8, 4) is 0 Å². The number of esters is 1. The summed E-state index contributed by atoms with van der Waals surface area (Å²) in [4.78, 5) is 25.6. The Morgan fingerprint density at radius 1 is 1.52 bits per heavy atom. The topological polar surface area (TPSA) is 120 Å². The van der Waals surface area contributed by atoms with Gasteiger partial charge in [-0.3, -0.25) is 10.1 Å². The number of pyridine rings is 1. The number of carbonyl (C=O) groups excluding carboxylic acids is 1. The highest BCUT2D eigenvalue weighted by atomic mass is 16.6. The van der Waals surface area contributed by atoms with Crippen LogP contribution in [0.2, 0.25) is 0 Å². The van der Waals surface area contributed by atoms with E-state index in [4.69, 9.17) is 4.52 Å². The molecule has 0 radical (unpaired) electrons. The van der Waals surface area contributed by atoms with E-state index in [-0.39, 0.29) is 23.6 Å². The molecule has 0 spiro atoms. The second kappa shape index (κ2) is 5.99. The maximum absolute atomic E-state index is 11.4. The van der Waals surface area contributed by atoms with Gasteiger partial charge in [-0.25, -0.2) is 9.78 Å². The molecule has 110 valence electrons. The van der Waals surface area contributed by atoms with E-state index >= 15 is 0 Å². The average Bonchev–Trinajstić information content (AvgIpc) is 2.89. The van der Waals surface area contributed by atoms with Crippen LogP contribution in [0.15, 0.2) is 22.9 Å². The molecule has 0 saturated carbocycles. The summed E-state index contributed by atoms with van der Waals surface area (Å²) >= 11 is 0. The van der Waals surface area contributed by atoms with Gasteiger partial charge in [0.1, 0.15) is 0 Å². The fourth-order valence-electron chi connectivity index (χ4n) is 1.63. The highest BCUT2D eigenvalue weighted by molar-refractivity contribution is 5.90. The molecular formula is C12H12N4O5. The van der Waals surface area contributed by atoms with Crippen LogP contribution in [0.4, 0.5) is 11.5 Å². The molecule has 2 rings (SSSR count). The normalized spacial score (nSPS) is 10.2. The van der Waals surface area contributed by atoms with Gasteiger partial charge in [0.2, 0.25) is 5.82 Å². The molecule has 0 unspecified atom stereocenters. The second-order valence-corrected chi connectivity index (χ2v) is 4.13. The van der Waals surface area contributed by atoms with Crippen molar-refractivity contribution in [3.63, 3.8) is 0 Å². The van der Waals surface area contributed by atoms with Crippen LogP contribution >= 0.6 is 0 Å². The number of aromatic nitrogens is 2. The minimum atomic E-state index is -0.692. The Balaban J connectivity index is 2.22. The monoisotopic (exact) mass is 292 g/mol. The van der Waals surface area contributed by atoms with E-state index in [0.29, 0.717) is 11.5 Å². The first-order chi connectivity index (χ1) is 10.0. The number of hydrogen-bond donors (Lipinski definition) is 1. The zero-order chi connectivity index (χ0) is 15.4. The number of anilines is 1. The molecule has 0 bridgehead atoms. The summed E-state index contributed by atoms with van der Waals surface area (Å²) in [7, 11) is 1.19. The summed E-state index contributed by atoms with van der Waals surface area (Å²) in [6.45, 7) is 1.95. The average molecular weight is 292 g/mol. The first-order valence-corrected chi connectivity index (χ1v) is 5.90. The summed E-state index contributed by atoms with van der Waals surface area (Å²) in [5, 5.41) is 17.5. The van der Waals surface area contributed by atoms with Crippen LogP contribution in [0.3, 0.4) is 0 Å². The molecule has 9 heteroatoms. The Bertz CT molecular complexity index is 682. The van der Waals surface area contributed by atoms with Gasteiger partial charge >= 0.3 is 11.7 Å². The number of nitro groups is 1. The van der Waals surface area contributed by atoms with E-state index in [1.807, 2.05) is 0 Å². The standard InChI is InChI=1S/C12H12N4O5/c1-7-3-9(21-15-7)6-14-11-10(16(18)19)4-8(5-13-11)12(17)20-2/h3-5H,6H2,1-2H3,(H,13,14). The molecule has 1 N–H and O–H groups in total. The van der Waals surface area contributed by atoms with Crippen molar-refractivity contribution in [1.29, 1.82) is 0 Å². The largest absolute Gasteiger partial charge is 0.465 e. The second-order valence-electron chi connectivity index (χ2n) is 4.13. The lowest BCUT2D eigenvalue weighted by molar-refractivity contribution is -0.384. The highest BCUT2D eigenvalue weighted by Gasteiger charge is 2.19. The molecule has 0 atom stereocenters. The third kappa shape index (κ3) is 3.32. The van der Waals surface area contributed by atoms with Crippen molar-refractivity contribution in [2.75, 3.05) is 12.4 Å². The molecule has 0 aliphatic heterocycles. The highest BCUT2D eigenvalue weighted by Crippen LogP contribution is 2.23. The summed E-state index contributed by atoms with van der Waals surface area (Å²) < 4.78 is 9.48. The maximum atomic E-state index is 11.4. The van der Waals surface area contributed by atoms with Gasteiger partial charge < -0.3 is 14.6 Å². The molecule has 21 heavy (non-hydrogen) atoms. The molecule has 0 aliphatic carbocycles. The zero-order valence-electron chi connectivity index (χ0n) is 11.3. The van der Waals surface area contributed by atoms with Crippen LogP contribution < -0.4 is 5.32 Å². The van der Waals surface area contributed by atoms with Crippen molar-refractivity contribution in [2.45, 2.75) is 13.5 Å². The first kappa shape index (κ1) is 14.4. The molecule has 0 amide bonds. The molecule has 9 nitrogen and oxygen atoms in total. The molecule has 0 fully saturated rings. The number of carbonyl (C=O) groups is 1. The minimum absolute atomic E-state index is 0.00487. The van der Waals surface area contributed by atoms with Crippen LogP contribution in [0, 0.1) is 17.0 Å². The lowest BCUT2D eigenvalue weighted by atomic mass is 10.2. The molecule has 0 aromatic carbocycles. The molecule has 0 aliphatic rings. The third-order valence-electron chi connectivity index (χ3n) is 2.59. The predicted octanol–water partition coefficient (Wildman–Crippen LogP) is 1.68. The van der Waals surface area contributed by atoms with Crippen molar-refractivity contribution in [3.05, 3.63) is 45.5 Å². The number of aryl methyl sites for hydroxylation is 1. The van der Waals surface area contributed by atoms with E-state index < -0.39 is 10.9 Å². The van der Waals surface area contributed by atoms with Gasteiger partial charge in [0.15, 0.2) is 5.76 Å². The van der Waals surface area contributed by atoms with E-state index in [9.17, 15) is 14.9 Å². The van der Waals surface area contributed by atoms with E-state index in [1.54, 1.807) is 13.0 Å². The Morgan fingerprint density at radius 2 is 2.29 bits per heavy atom. The maximum Gasteiger partial charge on any atom is 0.339 e. The number of nitrogens with one attached hydrogen (secondary N) is 1. The van der Waals surface area contributed by atoms with Crippen LogP contribution in [-0.4, -0.2) is 28.1 Å². The Morgan fingerprint density at radius 3 is 2.86 bits per heavy atom. The van der Waals surface area contributed by atoms with Crippen molar-refractivity contribution < 1.29 is 19.0 Å². The smallest absolute Gasteiger partial charge is 0.339 e. The summed E-state index contributed by atoms with van der Waals surface area (Å²) in [6, 6.07) is 2.80. The van der Waals surface area contributed by atoms with Gasteiger partial charge in [-0.05, 0) is 6.92 Å². The van der Waals surface area contributed by atoms with Gasteiger partial charge in [0.05, 0.1) is 29.8 Å². The van der Waals surface area contributed by atoms with Gasteiger partial charge in [-0.15, -0.1) is 0 Å². The van der Waals surface area contributed by atoms with Crippen LogP contribution in [0.5, 0.6) is 0 Å². The number of rotatable bonds is 5. The molecule has 2 aromatic heterocycles. The molecule has 0 saturated heterocycles. The molecule has 2 heterocycles. The van der Waals surface area contributed by atoms with Crippen LogP contribution in [0.1, 0.15) is 21.8 Å². The van der Waals surface area contributed by atoms with Gasteiger partial charge in [0, 0.05) is 18.3 Å². The number of hydrogen-bond acceptors (Lipinski definition) is 8. The van der Waals surface area contributed by atoms with Crippen molar-refractivity contribution >= 4 is 17.5 Å². The lowest BCUT2D eigenvalue weighted by Gasteiger charge is -2.05. The fraction of sp³-hybridized carbons (Fsp3) is 0.250. The minimum Gasteiger partial charge on any atom is -0.465 e. The van der Waals surface area contributed by atoms with Crippen molar-refractivity contribution in [2.24, 2.45) is 0 Å². The number of ether oxygens (including phenoxy) is 1. The summed E-state index contributed by atoms with van der Waals surface area (Å²) in [6.07, 6.45) is 1.20. The molecule has 2 aromatic rings. The van der Waals surface area contributed by atoms with E-state index in [1.165, 1.54) is 13.3 Å². The summed E-state index contributed by atoms with van der Waals surface area (Å²) in [5.41, 5.74) is 0.384. The first-order valence-electron chi connectivity index (χ1n) is 5.90. The predicted molar refractivity (Wildman–Crippen MR) is 70.8 cm³/mol. The lowest BCUT2D eigenvalue weighted by Crippen LogP contribution is -2.08. The van der Waals surface area contributed by atoms with Gasteiger partial charge in [-0.1, -0.05) is 5.16 Å². The zero-order valence-corrected chi connectivity index (χ0v) is 11.3. The third-order valence-corrected chi connectivity index (χ3v) is 2.59. The fourth-order valence-corrected chi connectivity index (χ4v) is 1.63. The quantitative estimate of drug-likeness (QED) is 0.502. The Kier molecular flexibility index (Phi) is 4.12. The van der Waals surface area contributed by atoms with E-state index in [0.717, 1.165) is 6.07 Å². The number of nitrogens with zero attached hydrogens (tertiary/aromatic N) is 3. The van der Waals surface area contributed by atoms with E-state index in [2.05, 4.69) is 20.2 Å². The van der Waals surface area contributed by atoms with Gasteiger partial charge in [0.25, 0.3) is 0 Å². The Labute approximate surface area is 119 Å². The van der Waals surface area contributed by atoms with Crippen LogP contribution in [-0.2, 0) is 11.3 Å². The van der Waals surface area contributed by atoms with Crippen LogP contribution in [0.25, 0.3) is 0 Å². The Hall–Kier alpha value is -2.97. The number of methoxy groups -OCH3 is 1.